The van der Waals surface area contributed by atoms with Crippen molar-refractivity contribution in [1.29, 1.82) is 0 Å². The highest BCUT2D eigenvalue weighted by molar-refractivity contribution is 9.10. The van der Waals surface area contributed by atoms with E-state index in [2.05, 4.69) is 21.2 Å². The van der Waals surface area contributed by atoms with Crippen molar-refractivity contribution in [3.63, 3.8) is 0 Å². The molecule has 1 unspecified atom stereocenters. The van der Waals surface area contributed by atoms with E-state index in [9.17, 15) is 18.4 Å². The number of hydrogen-bond acceptors (Lipinski definition) is 2. The van der Waals surface area contributed by atoms with Crippen LogP contribution in [0.3, 0.4) is 0 Å². The zero-order valence-electron chi connectivity index (χ0n) is 11.5. The third-order valence-corrected chi connectivity index (χ3v) is 3.64. The maximum absolute atomic E-state index is 13.5. The summed E-state index contributed by atoms with van der Waals surface area (Å²) >= 11 is 2.92. The molecule has 116 valence electrons. The van der Waals surface area contributed by atoms with Crippen molar-refractivity contribution in [1.82, 2.24) is 5.32 Å². The topological polar surface area (TPSA) is 78.4 Å². The Bertz CT molecular complexity index is 545. The van der Waals surface area contributed by atoms with Gasteiger partial charge in [0.05, 0.1) is 5.41 Å². The van der Waals surface area contributed by atoms with Crippen LogP contribution in [0.1, 0.15) is 20.3 Å². The minimum absolute atomic E-state index is 0.162. The Balaban J connectivity index is 2.73. The van der Waals surface area contributed by atoms with E-state index >= 15 is 0 Å². The first-order chi connectivity index (χ1) is 9.69. The number of amides is 2. The second kappa shape index (κ2) is 6.84. The normalized spacial score (nSPS) is 13.4. The van der Waals surface area contributed by atoms with Gasteiger partial charge in [0, 0.05) is 11.0 Å². The second-order valence-electron chi connectivity index (χ2n) is 4.77. The summed E-state index contributed by atoms with van der Waals surface area (Å²) in [5.41, 5.74) is -1.74. The molecule has 0 saturated carbocycles. The van der Waals surface area contributed by atoms with Crippen LogP contribution >= 0.6 is 15.9 Å². The van der Waals surface area contributed by atoms with Crippen LogP contribution in [-0.4, -0.2) is 23.7 Å². The van der Waals surface area contributed by atoms with Crippen LogP contribution in [0, 0.1) is 17.0 Å². The fourth-order valence-electron chi connectivity index (χ4n) is 1.45. The Hall–Kier alpha value is -1.70. The van der Waals surface area contributed by atoms with Crippen LogP contribution in [0.15, 0.2) is 16.6 Å². The minimum atomic E-state index is -1.14. The Morgan fingerprint density at radius 3 is 2.29 bits per heavy atom. The Kier molecular flexibility index (Phi) is 5.65. The molecule has 0 aromatic heterocycles. The Labute approximate surface area is 128 Å². The lowest BCUT2D eigenvalue weighted by Crippen LogP contribution is -2.42. The molecule has 1 aromatic rings. The van der Waals surface area contributed by atoms with Crippen molar-refractivity contribution in [3.8, 4) is 0 Å². The largest absolute Gasteiger partial charge is 0.481 e. The van der Waals surface area contributed by atoms with E-state index in [1.165, 1.54) is 6.92 Å². The maximum atomic E-state index is 13.5. The highest BCUT2D eigenvalue weighted by atomic mass is 79.9. The molecule has 1 rings (SSSR count). The summed E-state index contributed by atoms with van der Waals surface area (Å²) in [5.74, 6) is -2.94. The fraction of sp³-hybridized carbons (Fsp3) is 0.385. The van der Waals surface area contributed by atoms with Crippen LogP contribution < -0.4 is 10.6 Å². The number of rotatable bonds is 5. The van der Waals surface area contributed by atoms with Crippen molar-refractivity contribution in [2.45, 2.75) is 20.3 Å². The van der Waals surface area contributed by atoms with E-state index in [4.69, 9.17) is 5.11 Å². The average Bonchev–Trinajstić information content (AvgIpc) is 2.39. The SMILES string of the molecule is CCC(C)(CNC(=O)Nc1c(F)cc(Br)cc1F)C(=O)O. The molecule has 8 heteroatoms. The zero-order chi connectivity index (χ0) is 16.2. The number of carboxylic acids is 1. The zero-order valence-corrected chi connectivity index (χ0v) is 13.1. The number of halogens is 3. The quantitative estimate of drug-likeness (QED) is 0.749. The van der Waals surface area contributed by atoms with Crippen LogP contribution in [0.2, 0.25) is 0 Å². The Morgan fingerprint density at radius 2 is 1.86 bits per heavy atom. The summed E-state index contributed by atoms with van der Waals surface area (Å²) in [6, 6.07) is 1.13. The van der Waals surface area contributed by atoms with Gasteiger partial charge >= 0.3 is 12.0 Å². The van der Waals surface area contributed by atoms with Gasteiger partial charge in [-0.1, -0.05) is 22.9 Å². The van der Waals surface area contributed by atoms with E-state index in [0.717, 1.165) is 12.1 Å². The van der Waals surface area contributed by atoms with Gasteiger partial charge in [0.25, 0.3) is 0 Å². The molecule has 0 saturated heterocycles. The van der Waals surface area contributed by atoms with Gasteiger partial charge in [-0.3, -0.25) is 4.79 Å². The van der Waals surface area contributed by atoms with Crippen LogP contribution in [0.4, 0.5) is 19.3 Å². The first-order valence-electron chi connectivity index (χ1n) is 6.12. The number of benzene rings is 1. The van der Waals surface area contributed by atoms with Gasteiger partial charge in [0.2, 0.25) is 0 Å². The molecule has 0 aliphatic heterocycles. The summed E-state index contributed by atoms with van der Waals surface area (Å²) < 4.78 is 27.3. The molecule has 2 amide bonds. The number of carbonyl (C=O) groups excluding carboxylic acids is 1. The van der Waals surface area contributed by atoms with E-state index in [1.54, 1.807) is 6.92 Å². The molecular formula is C13H15BrF2N2O3. The van der Waals surface area contributed by atoms with Crippen molar-refractivity contribution in [2.75, 3.05) is 11.9 Å². The molecule has 1 atom stereocenters. The van der Waals surface area contributed by atoms with E-state index < -0.39 is 34.7 Å². The van der Waals surface area contributed by atoms with Crippen LogP contribution in [0.25, 0.3) is 0 Å². The number of carboxylic acid groups (broad SMARTS) is 1. The van der Waals surface area contributed by atoms with Crippen molar-refractivity contribution < 1.29 is 23.5 Å². The van der Waals surface area contributed by atoms with Crippen molar-refractivity contribution in [2.24, 2.45) is 5.41 Å². The summed E-state index contributed by atoms with van der Waals surface area (Å²) in [6.45, 7) is 2.97. The van der Waals surface area contributed by atoms with Crippen LogP contribution in [0.5, 0.6) is 0 Å². The van der Waals surface area contributed by atoms with E-state index in [0.29, 0.717) is 6.42 Å². The van der Waals surface area contributed by atoms with Gasteiger partial charge in [-0.25, -0.2) is 13.6 Å². The first kappa shape index (κ1) is 17.4. The lowest BCUT2D eigenvalue weighted by atomic mass is 9.88. The van der Waals surface area contributed by atoms with Gasteiger partial charge < -0.3 is 15.7 Å². The van der Waals surface area contributed by atoms with Gasteiger partial charge in [-0.05, 0) is 25.5 Å². The summed E-state index contributed by atoms with van der Waals surface area (Å²) in [7, 11) is 0. The van der Waals surface area contributed by atoms with E-state index in [-0.39, 0.29) is 11.0 Å². The van der Waals surface area contributed by atoms with Crippen molar-refractivity contribution >= 4 is 33.6 Å². The molecule has 21 heavy (non-hydrogen) atoms. The molecule has 0 fully saturated rings. The predicted octanol–water partition coefficient (Wildman–Crippen LogP) is 3.35. The first-order valence-corrected chi connectivity index (χ1v) is 6.91. The monoisotopic (exact) mass is 364 g/mol. The molecule has 0 spiro atoms. The summed E-state index contributed by atoms with van der Waals surface area (Å²) in [6.07, 6.45) is 0.295. The smallest absolute Gasteiger partial charge is 0.319 e. The van der Waals surface area contributed by atoms with Gasteiger partial charge in [0.15, 0.2) is 11.6 Å². The molecule has 0 heterocycles. The second-order valence-corrected chi connectivity index (χ2v) is 5.69. The lowest BCUT2D eigenvalue weighted by Gasteiger charge is -2.23. The van der Waals surface area contributed by atoms with E-state index in [1.807, 2.05) is 5.32 Å². The Morgan fingerprint density at radius 1 is 1.33 bits per heavy atom. The third kappa shape index (κ3) is 4.38. The molecule has 0 aliphatic rings. The van der Waals surface area contributed by atoms with Gasteiger partial charge in [-0.15, -0.1) is 0 Å². The number of nitrogens with one attached hydrogen (secondary N) is 2. The van der Waals surface area contributed by atoms with Crippen molar-refractivity contribution in [3.05, 3.63) is 28.2 Å². The number of carbonyl (C=O) groups is 2. The lowest BCUT2D eigenvalue weighted by molar-refractivity contribution is -0.147. The number of urea groups is 1. The predicted molar refractivity (Wildman–Crippen MR) is 77.1 cm³/mol. The summed E-state index contributed by atoms with van der Waals surface area (Å²) in [5, 5.41) is 13.4. The maximum Gasteiger partial charge on any atom is 0.319 e. The van der Waals surface area contributed by atoms with Crippen LogP contribution in [-0.2, 0) is 4.79 Å². The van der Waals surface area contributed by atoms with Gasteiger partial charge in [0.1, 0.15) is 5.69 Å². The molecule has 0 bridgehead atoms. The molecule has 0 aliphatic carbocycles. The highest BCUT2D eigenvalue weighted by Crippen LogP contribution is 2.24. The number of anilines is 1. The molecule has 1 aromatic carbocycles. The molecule has 5 nitrogen and oxygen atoms in total. The third-order valence-electron chi connectivity index (χ3n) is 3.18. The fourth-order valence-corrected chi connectivity index (χ4v) is 1.85. The molecule has 0 radical (unpaired) electrons. The average molecular weight is 365 g/mol. The summed E-state index contributed by atoms with van der Waals surface area (Å²) in [4.78, 5) is 22.7. The minimum Gasteiger partial charge on any atom is -0.481 e. The standard InChI is InChI=1S/C13H15BrF2N2O3/c1-3-13(2,11(19)20)6-17-12(21)18-10-8(15)4-7(14)5-9(10)16/h4-5H,3,6H2,1-2H3,(H,19,20)(H2,17,18,21). The number of aliphatic carboxylic acids is 1. The molecular weight excluding hydrogens is 350 g/mol. The highest BCUT2D eigenvalue weighted by Gasteiger charge is 2.31. The van der Waals surface area contributed by atoms with Gasteiger partial charge in [-0.2, -0.15) is 0 Å². The number of hydrogen-bond donors (Lipinski definition) is 3. The molecule has 3 N–H and O–H groups in total.